The van der Waals surface area contributed by atoms with E-state index in [0.717, 1.165) is 9.87 Å². The second kappa shape index (κ2) is 13.2. The Labute approximate surface area is 215 Å². The number of ether oxygens (including phenoxy) is 3. The summed E-state index contributed by atoms with van der Waals surface area (Å²) in [5.41, 5.74) is 3.74. The molecule has 37 heavy (non-hydrogen) atoms. The van der Waals surface area contributed by atoms with Gasteiger partial charge >= 0.3 is 5.97 Å². The molecule has 0 saturated heterocycles. The number of methoxy groups -OCH3 is 2. The van der Waals surface area contributed by atoms with Crippen LogP contribution < -0.4 is 14.9 Å². The summed E-state index contributed by atoms with van der Waals surface area (Å²) in [6.45, 7) is -0.654. The zero-order valence-electron chi connectivity index (χ0n) is 20.4. The van der Waals surface area contributed by atoms with E-state index in [1.165, 1.54) is 32.6 Å². The van der Waals surface area contributed by atoms with Gasteiger partial charge in [-0.2, -0.15) is 9.41 Å². The van der Waals surface area contributed by atoms with Crippen molar-refractivity contribution in [3.05, 3.63) is 90.0 Å². The normalized spacial score (nSPS) is 11.3. The lowest BCUT2D eigenvalue weighted by molar-refractivity contribution is -0.142. The van der Waals surface area contributed by atoms with Crippen LogP contribution in [-0.2, 0) is 30.9 Å². The first-order valence-corrected chi connectivity index (χ1v) is 12.6. The fraction of sp³-hybridized carbons (Fsp3) is 0.192. The number of carbonyl (C=O) groups is 2. The van der Waals surface area contributed by atoms with Gasteiger partial charge < -0.3 is 14.2 Å². The van der Waals surface area contributed by atoms with Crippen LogP contribution in [0.15, 0.2) is 88.9 Å². The van der Waals surface area contributed by atoms with E-state index in [9.17, 15) is 18.0 Å². The van der Waals surface area contributed by atoms with Crippen molar-refractivity contribution in [2.45, 2.75) is 11.4 Å². The van der Waals surface area contributed by atoms with Crippen molar-refractivity contribution in [1.82, 2.24) is 9.73 Å². The number of esters is 1. The van der Waals surface area contributed by atoms with Crippen LogP contribution in [0.25, 0.3) is 0 Å². The summed E-state index contributed by atoms with van der Waals surface area (Å²) in [4.78, 5) is 23.8. The van der Waals surface area contributed by atoms with E-state index in [1.54, 1.807) is 60.7 Å². The van der Waals surface area contributed by atoms with Gasteiger partial charge in [0.15, 0.2) is 6.61 Å². The monoisotopic (exact) mass is 525 g/mol. The Kier molecular flexibility index (Phi) is 9.76. The maximum atomic E-state index is 13.3. The Morgan fingerprint density at radius 3 is 2.19 bits per heavy atom. The van der Waals surface area contributed by atoms with Crippen molar-refractivity contribution in [2.24, 2.45) is 5.10 Å². The maximum absolute atomic E-state index is 13.3. The van der Waals surface area contributed by atoms with Gasteiger partial charge in [-0.25, -0.2) is 18.6 Å². The molecule has 3 aromatic rings. The second-order valence-corrected chi connectivity index (χ2v) is 9.60. The molecule has 0 bridgehead atoms. The Morgan fingerprint density at radius 1 is 0.919 bits per heavy atom. The number of hydrogen-bond acceptors (Lipinski definition) is 8. The zero-order chi connectivity index (χ0) is 26.7. The van der Waals surface area contributed by atoms with Crippen molar-refractivity contribution < 1.29 is 32.2 Å². The summed E-state index contributed by atoms with van der Waals surface area (Å²) in [5.74, 6) is -0.124. The first-order chi connectivity index (χ1) is 17.8. The van der Waals surface area contributed by atoms with Crippen LogP contribution >= 0.6 is 0 Å². The Bertz CT molecular complexity index is 1310. The number of benzene rings is 3. The van der Waals surface area contributed by atoms with E-state index in [1.807, 2.05) is 6.07 Å². The third-order valence-electron chi connectivity index (χ3n) is 5.09. The van der Waals surface area contributed by atoms with Crippen molar-refractivity contribution in [2.75, 3.05) is 27.4 Å². The number of sulfonamides is 1. The minimum absolute atomic E-state index is 0.000622. The second-order valence-electron chi connectivity index (χ2n) is 7.66. The van der Waals surface area contributed by atoms with Crippen LogP contribution in [0.1, 0.15) is 11.1 Å². The third kappa shape index (κ3) is 8.16. The molecule has 0 aliphatic rings. The van der Waals surface area contributed by atoms with E-state index in [2.05, 4.69) is 15.3 Å². The fourth-order valence-electron chi connectivity index (χ4n) is 3.14. The van der Waals surface area contributed by atoms with Gasteiger partial charge in [-0.1, -0.05) is 30.3 Å². The number of nitrogens with one attached hydrogen (secondary N) is 1. The lowest BCUT2D eigenvalue weighted by Crippen LogP contribution is -2.39. The molecule has 3 aromatic carbocycles. The summed E-state index contributed by atoms with van der Waals surface area (Å²) in [6, 6.07) is 21.6. The van der Waals surface area contributed by atoms with Gasteiger partial charge in [-0.3, -0.25) is 4.79 Å². The summed E-state index contributed by atoms with van der Waals surface area (Å²) < 4.78 is 42.7. The van der Waals surface area contributed by atoms with Gasteiger partial charge in [0.05, 0.1) is 31.9 Å². The van der Waals surface area contributed by atoms with Gasteiger partial charge in [-0.15, -0.1) is 0 Å². The number of carbonyl (C=O) groups excluding carboxylic acids is 2. The van der Waals surface area contributed by atoms with Crippen LogP contribution in [0.5, 0.6) is 11.5 Å². The van der Waals surface area contributed by atoms with Gasteiger partial charge in [-0.05, 0) is 59.7 Å². The average Bonchev–Trinajstić information content (AvgIpc) is 2.92. The van der Waals surface area contributed by atoms with Crippen LogP contribution in [0, 0.1) is 0 Å². The van der Waals surface area contributed by atoms with Crippen LogP contribution in [0.4, 0.5) is 0 Å². The number of amides is 1. The molecule has 11 heteroatoms. The Morgan fingerprint density at radius 2 is 1.57 bits per heavy atom. The molecule has 194 valence electrons. The molecule has 0 radical (unpaired) electrons. The molecular formula is C26H27N3O7S. The Hall–Kier alpha value is -4.22. The maximum Gasteiger partial charge on any atom is 0.343 e. The van der Waals surface area contributed by atoms with Gasteiger partial charge in [0.25, 0.3) is 5.91 Å². The molecule has 0 aliphatic carbocycles. The highest BCUT2D eigenvalue weighted by molar-refractivity contribution is 7.89. The molecule has 0 aromatic heterocycles. The standard InChI is InChI=1S/C26H27N3O7S/c1-34-22-12-14-24(15-13-22)37(32,33)29(17-21-6-4-3-5-7-21)18-25(30)28-27-16-20-8-10-23(11-9-20)36-19-26(31)35-2/h3-16H,17-19H2,1-2H3,(H,28,30)/b27-16+. The van der Waals surface area contributed by atoms with Crippen molar-refractivity contribution >= 4 is 28.1 Å². The molecule has 10 nitrogen and oxygen atoms in total. The summed E-state index contributed by atoms with van der Waals surface area (Å²) in [7, 11) is -1.23. The van der Waals surface area contributed by atoms with Crippen molar-refractivity contribution in [1.29, 1.82) is 0 Å². The quantitative estimate of drug-likeness (QED) is 0.219. The number of rotatable bonds is 12. The molecule has 0 fully saturated rings. The third-order valence-corrected chi connectivity index (χ3v) is 6.89. The fourth-order valence-corrected chi connectivity index (χ4v) is 4.52. The van der Waals surface area contributed by atoms with E-state index in [4.69, 9.17) is 9.47 Å². The topological polar surface area (TPSA) is 124 Å². The first kappa shape index (κ1) is 27.4. The van der Waals surface area contributed by atoms with Gasteiger partial charge in [0.2, 0.25) is 10.0 Å². The van der Waals surface area contributed by atoms with Crippen LogP contribution in [0.3, 0.4) is 0 Å². The minimum Gasteiger partial charge on any atom is -0.497 e. The van der Waals surface area contributed by atoms with Crippen molar-refractivity contribution in [3.63, 3.8) is 0 Å². The molecule has 0 unspecified atom stereocenters. The molecule has 1 N–H and O–H groups in total. The van der Waals surface area contributed by atoms with E-state index < -0.39 is 28.4 Å². The van der Waals surface area contributed by atoms with Crippen LogP contribution in [-0.4, -0.2) is 58.2 Å². The SMILES string of the molecule is COC(=O)COc1ccc(/C=N/NC(=O)CN(Cc2ccccc2)S(=O)(=O)c2ccc(OC)cc2)cc1. The summed E-state index contributed by atoms with van der Waals surface area (Å²) in [6.07, 6.45) is 1.40. The molecule has 1 amide bonds. The average molecular weight is 526 g/mol. The highest BCUT2D eigenvalue weighted by Gasteiger charge is 2.27. The molecule has 0 heterocycles. The van der Waals surface area contributed by atoms with E-state index in [-0.39, 0.29) is 18.0 Å². The number of hydrogen-bond donors (Lipinski definition) is 1. The smallest absolute Gasteiger partial charge is 0.343 e. The van der Waals surface area contributed by atoms with E-state index >= 15 is 0 Å². The minimum atomic E-state index is -4.00. The van der Waals surface area contributed by atoms with Gasteiger partial charge in [0, 0.05) is 6.54 Å². The number of hydrazone groups is 1. The highest BCUT2D eigenvalue weighted by atomic mass is 32.2. The van der Waals surface area contributed by atoms with Crippen molar-refractivity contribution in [3.8, 4) is 11.5 Å². The van der Waals surface area contributed by atoms with Gasteiger partial charge in [0.1, 0.15) is 11.5 Å². The molecular weight excluding hydrogens is 498 g/mol. The summed E-state index contributed by atoms with van der Waals surface area (Å²) >= 11 is 0. The first-order valence-electron chi connectivity index (χ1n) is 11.1. The zero-order valence-corrected chi connectivity index (χ0v) is 21.2. The predicted molar refractivity (Wildman–Crippen MR) is 137 cm³/mol. The lowest BCUT2D eigenvalue weighted by atomic mass is 10.2. The molecule has 0 aliphatic heterocycles. The lowest BCUT2D eigenvalue weighted by Gasteiger charge is -2.21. The summed E-state index contributed by atoms with van der Waals surface area (Å²) in [5, 5.41) is 3.92. The molecule has 0 spiro atoms. The molecule has 0 atom stereocenters. The van der Waals surface area contributed by atoms with E-state index in [0.29, 0.717) is 17.1 Å². The molecule has 3 rings (SSSR count). The largest absolute Gasteiger partial charge is 0.497 e. The molecule has 0 saturated carbocycles. The predicted octanol–water partition coefficient (Wildman–Crippen LogP) is 2.59. The Balaban J connectivity index is 1.67. The number of nitrogens with zero attached hydrogens (tertiary/aromatic N) is 2. The van der Waals surface area contributed by atoms with Crippen LogP contribution in [0.2, 0.25) is 0 Å². The highest BCUT2D eigenvalue weighted by Crippen LogP contribution is 2.21.